The van der Waals surface area contributed by atoms with Gasteiger partial charge in [-0.05, 0) is 19.9 Å². The molecule has 0 aliphatic rings. The number of guanidine groups is 1. The molecule has 0 heterocycles. The summed E-state index contributed by atoms with van der Waals surface area (Å²) in [5.74, 6) is 0.750. The maximum atomic E-state index is 12.4. The van der Waals surface area contributed by atoms with Gasteiger partial charge in [0.05, 0.1) is 13.2 Å². The summed E-state index contributed by atoms with van der Waals surface area (Å²) in [6, 6.07) is 6.63. The van der Waals surface area contributed by atoms with E-state index in [1.165, 1.54) is 6.07 Å². The zero-order chi connectivity index (χ0) is 16.2. The molecule has 7 heteroatoms. The smallest absolute Gasteiger partial charge is 0.387 e. The highest BCUT2D eigenvalue weighted by Crippen LogP contribution is 2.20. The summed E-state index contributed by atoms with van der Waals surface area (Å²) in [5.41, 5.74) is 0.602. The fraction of sp³-hybridized carbons (Fsp3) is 0.533. The van der Waals surface area contributed by atoms with Gasteiger partial charge in [-0.15, -0.1) is 0 Å². The fourth-order valence-electron chi connectivity index (χ4n) is 1.74. The minimum absolute atomic E-state index is 0.145. The Morgan fingerprint density at radius 3 is 2.68 bits per heavy atom. The van der Waals surface area contributed by atoms with Crippen molar-refractivity contribution in [1.82, 2.24) is 10.6 Å². The SMILES string of the molecule is CCNC(=NCc1ccccc1OC(F)F)NCCOCC. The average Bonchev–Trinajstić information content (AvgIpc) is 2.49. The Morgan fingerprint density at radius 2 is 2.00 bits per heavy atom. The lowest BCUT2D eigenvalue weighted by molar-refractivity contribution is -0.0504. The third-order valence-corrected chi connectivity index (χ3v) is 2.68. The third kappa shape index (κ3) is 7.21. The van der Waals surface area contributed by atoms with Gasteiger partial charge in [0.15, 0.2) is 5.96 Å². The molecule has 0 unspecified atom stereocenters. The normalized spacial score (nSPS) is 11.6. The van der Waals surface area contributed by atoms with Crippen molar-refractivity contribution in [1.29, 1.82) is 0 Å². The minimum atomic E-state index is -2.84. The molecule has 1 aromatic rings. The molecule has 1 rings (SSSR count). The zero-order valence-corrected chi connectivity index (χ0v) is 12.9. The highest BCUT2D eigenvalue weighted by molar-refractivity contribution is 5.79. The summed E-state index contributed by atoms with van der Waals surface area (Å²) in [7, 11) is 0. The van der Waals surface area contributed by atoms with Crippen molar-refractivity contribution in [2.45, 2.75) is 27.0 Å². The van der Waals surface area contributed by atoms with E-state index >= 15 is 0 Å². The van der Waals surface area contributed by atoms with Gasteiger partial charge < -0.3 is 20.1 Å². The van der Waals surface area contributed by atoms with Crippen LogP contribution in [0.4, 0.5) is 8.78 Å². The number of hydrogen-bond acceptors (Lipinski definition) is 3. The van der Waals surface area contributed by atoms with Crippen molar-refractivity contribution in [2.75, 3.05) is 26.3 Å². The van der Waals surface area contributed by atoms with Crippen molar-refractivity contribution in [3.05, 3.63) is 29.8 Å². The molecular weight excluding hydrogens is 292 g/mol. The van der Waals surface area contributed by atoms with E-state index in [1.807, 2.05) is 13.8 Å². The molecule has 0 aliphatic heterocycles. The van der Waals surface area contributed by atoms with Gasteiger partial charge in [-0.25, -0.2) is 4.99 Å². The first-order valence-corrected chi connectivity index (χ1v) is 7.30. The number of alkyl halides is 2. The first kappa shape index (κ1) is 18.2. The highest BCUT2D eigenvalue weighted by atomic mass is 19.3. The standard InChI is InChI=1S/C15H23F2N3O2/c1-3-18-15(19-9-10-21-4-2)20-11-12-7-5-6-8-13(12)22-14(16)17/h5-8,14H,3-4,9-11H2,1-2H3,(H2,18,19,20). The van der Waals surface area contributed by atoms with Crippen molar-refractivity contribution in [2.24, 2.45) is 4.99 Å². The Labute approximate surface area is 129 Å². The van der Waals surface area contributed by atoms with Gasteiger partial charge in [-0.2, -0.15) is 8.78 Å². The summed E-state index contributed by atoms with van der Waals surface area (Å²) in [4.78, 5) is 4.36. The van der Waals surface area contributed by atoms with Crippen molar-refractivity contribution in [3.8, 4) is 5.75 Å². The fourth-order valence-corrected chi connectivity index (χ4v) is 1.74. The number of hydrogen-bond donors (Lipinski definition) is 2. The lowest BCUT2D eigenvalue weighted by atomic mass is 10.2. The monoisotopic (exact) mass is 315 g/mol. The highest BCUT2D eigenvalue weighted by Gasteiger charge is 2.08. The molecule has 0 aromatic heterocycles. The molecule has 1 aromatic carbocycles. The van der Waals surface area contributed by atoms with Crippen LogP contribution in [0.1, 0.15) is 19.4 Å². The molecular formula is C15H23F2N3O2. The molecule has 124 valence electrons. The number of aliphatic imine (C=N–C) groups is 1. The Morgan fingerprint density at radius 1 is 1.23 bits per heavy atom. The minimum Gasteiger partial charge on any atom is -0.434 e. The van der Waals surface area contributed by atoms with Gasteiger partial charge >= 0.3 is 6.61 Å². The number of nitrogens with zero attached hydrogens (tertiary/aromatic N) is 1. The van der Waals surface area contributed by atoms with Crippen molar-refractivity contribution in [3.63, 3.8) is 0 Å². The number of halogens is 2. The Balaban J connectivity index is 2.64. The Kier molecular flexibility index (Phi) is 8.90. The molecule has 22 heavy (non-hydrogen) atoms. The lowest BCUT2D eigenvalue weighted by Crippen LogP contribution is -2.39. The molecule has 0 bridgehead atoms. The second-order valence-electron chi connectivity index (χ2n) is 4.31. The molecule has 0 radical (unpaired) electrons. The molecule has 0 amide bonds. The van der Waals surface area contributed by atoms with E-state index in [0.29, 0.717) is 37.8 Å². The van der Waals surface area contributed by atoms with Crippen LogP contribution in [-0.4, -0.2) is 38.9 Å². The van der Waals surface area contributed by atoms with E-state index in [2.05, 4.69) is 20.4 Å². The van der Waals surface area contributed by atoms with E-state index in [0.717, 1.165) is 0 Å². The summed E-state index contributed by atoms with van der Waals surface area (Å²) < 4.78 is 34.5. The van der Waals surface area contributed by atoms with Crippen LogP contribution in [0, 0.1) is 0 Å². The van der Waals surface area contributed by atoms with Gasteiger partial charge in [-0.3, -0.25) is 0 Å². The topological polar surface area (TPSA) is 54.9 Å². The molecule has 0 atom stereocenters. The molecule has 0 fully saturated rings. The first-order valence-electron chi connectivity index (χ1n) is 7.30. The predicted octanol–water partition coefficient (Wildman–Crippen LogP) is 2.38. The molecule has 0 saturated carbocycles. The van der Waals surface area contributed by atoms with E-state index in [4.69, 9.17) is 4.74 Å². The van der Waals surface area contributed by atoms with Gasteiger partial charge in [-0.1, -0.05) is 18.2 Å². The van der Waals surface area contributed by atoms with Crippen molar-refractivity contribution >= 4 is 5.96 Å². The van der Waals surface area contributed by atoms with Crippen LogP contribution in [0.5, 0.6) is 5.75 Å². The van der Waals surface area contributed by atoms with Gasteiger partial charge in [0.25, 0.3) is 0 Å². The van der Waals surface area contributed by atoms with Gasteiger partial charge in [0, 0.05) is 25.3 Å². The van der Waals surface area contributed by atoms with Crippen LogP contribution in [0.15, 0.2) is 29.3 Å². The lowest BCUT2D eigenvalue weighted by Gasteiger charge is -2.12. The number of rotatable bonds is 9. The average molecular weight is 315 g/mol. The summed E-state index contributed by atoms with van der Waals surface area (Å²) >= 11 is 0. The Bertz CT molecular complexity index is 456. The predicted molar refractivity (Wildman–Crippen MR) is 82.4 cm³/mol. The summed E-state index contributed by atoms with van der Waals surface area (Å²) in [6.07, 6.45) is 0. The van der Waals surface area contributed by atoms with Crippen LogP contribution in [0.2, 0.25) is 0 Å². The molecule has 0 spiro atoms. The Hall–Kier alpha value is -1.89. The van der Waals surface area contributed by atoms with Gasteiger partial charge in [0.1, 0.15) is 5.75 Å². The zero-order valence-electron chi connectivity index (χ0n) is 12.9. The second kappa shape index (κ2) is 10.8. The second-order valence-corrected chi connectivity index (χ2v) is 4.31. The van der Waals surface area contributed by atoms with E-state index in [9.17, 15) is 8.78 Å². The molecule has 2 N–H and O–H groups in total. The largest absolute Gasteiger partial charge is 0.434 e. The maximum absolute atomic E-state index is 12.4. The number of para-hydroxylation sites is 1. The molecule has 0 aliphatic carbocycles. The first-order chi connectivity index (χ1) is 10.7. The van der Waals surface area contributed by atoms with Crippen LogP contribution in [0.3, 0.4) is 0 Å². The summed E-state index contributed by atoms with van der Waals surface area (Å²) in [5, 5.41) is 6.20. The third-order valence-electron chi connectivity index (χ3n) is 2.68. The van der Waals surface area contributed by atoms with Crippen LogP contribution < -0.4 is 15.4 Å². The molecule has 0 saturated heterocycles. The maximum Gasteiger partial charge on any atom is 0.387 e. The van der Waals surface area contributed by atoms with E-state index < -0.39 is 6.61 Å². The summed E-state index contributed by atoms with van der Waals surface area (Å²) in [6.45, 7) is 3.84. The van der Waals surface area contributed by atoms with Crippen molar-refractivity contribution < 1.29 is 18.3 Å². The van der Waals surface area contributed by atoms with Crippen LogP contribution in [-0.2, 0) is 11.3 Å². The molecule has 5 nitrogen and oxygen atoms in total. The van der Waals surface area contributed by atoms with E-state index in [1.54, 1.807) is 18.2 Å². The van der Waals surface area contributed by atoms with Crippen LogP contribution >= 0.6 is 0 Å². The quantitative estimate of drug-likeness (QED) is 0.417. The number of nitrogens with one attached hydrogen (secondary N) is 2. The van der Waals surface area contributed by atoms with Crippen LogP contribution in [0.25, 0.3) is 0 Å². The van der Waals surface area contributed by atoms with Gasteiger partial charge in [0.2, 0.25) is 0 Å². The number of ether oxygens (including phenoxy) is 2. The van der Waals surface area contributed by atoms with E-state index in [-0.39, 0.29) is 12.3 Å². The number of benzene rings is 1.